The second-order valence-corrected chi connectivity index (χ2v) is 2.86. The third-order valence-corrected chi connectivity index (χ3v) is 1.64. The molecule has 2 unspecified atom stereocenters. The van der Waals surface area contributed by atoms with Crippen molar-refractivity contribution < 1.29 is 15.0 Å². The first-order chi connectivity index (χ1) is 5.59. The van der Waals surface area contributed by atoms with E-state index in [0.717, 1.165) is 12.8 Å². The van der Waals surface area contributed by atoms with Crippen LogP contribution in [0.5, 0.6) is 0 Å². The predicted octanol–water partition coefficient (Wildman–Crippen LogP) is 0.210. The highest BCUT2D eigenvalue weighted by molar-refractivity contribution is 5.74. The second-order valence-electron chi connectivity index (χ2n) is 2.86. The zero-order valence-corrected chi connectivity index (χ0v) is 7.58. The molecule has 0 rings (SSSR count). The molecule has 0 radical (unpaired) electrons. The lowest BCUT2D eigenvalue weighted by atomic mass is 10.2. The molecule has 4 heteroatoms. The molecule has 2 atom stereocenters. The lowest BCUT2D eigenvalue weighted by Gasteiger charge is -2.16. The smallest absolute Gasteiger partial charge is 0.323 e. The first-order valence-corrected chi connectivity index (χ1v) is 4.23. The number of aliphatic hydroxyl groups is 1. The lowest BCUT2D eigenvalue weighted by molar-refractivity contribution is -0.142. The Morgan fingerprint density at radius 3 is 2.50 bits per heavy atom. The first-order valence-electron chi connectivity index (χ1n) is 4.23. The fourth-order valence-corrected chi connectivity index (χ4v) is 0.899. The van der Waals surface area contributed by atoms with E-state index in [2.05, 4.69) is 5.32 Å². The van der Waals surface area contributed by atoms with Crippen LogP contribution in [0.3, 0.4) is 0 Å². The summed E-state index contributed by atoms with van der Waals surface area (Å²) in [6.07, 6.45) is 1.09. The van der Waals surface area contributed by atoms with Crippen molar-refractivity contribution >= 4 is 5.97 Å². The number of hydrogen-bond donors (Lipinski definition) is 3. The van der Waals surface area contributed by atoms with Crippen molar-refractivity contribution in [1.82, 2.24) is 5.32 Å². The van der Waals surface area contributed by atoms with Gasteiger partial charge in [-0.1, -0.05) is 13.3 Å². The van der Waals surface area contributed by atoms with E-state index >= 15 is 0 Å². The Balaban J connectivity index is 3.72. The van der Waals surface area contributed by atoms with Gasteiger partial charge in [0.15, 0.2) is 0 Å². The van der Waals surface area contributed by atoms with E-state index in [-0.39, 0.29) is 0 Å². The topological polar surface area (TPSA) is 69.6 Å². The molecule has 0 aromatic carbocycles. The van der Waals surface area contributed by atoms with Crippen molar-refractivity contribution in [3.63, 3.8) is 0 Å². The molecule has 0 aliphatic heterocycles. The highest BCUT2D eigenvalue weighted by atomic mass is 16.4. The Morgan fingerprint density at radius 1 is 1.58 bits per heavy atom. The standard InChI is InChI=1S/C8H17NO3/c1-3-4-5-9-7(6(2)10)8(11)12/h6-7,9-10H,3-5H2,1-2H3,(H,11,12). The maximum Gasteiger partial charge on any atom is 0.323 e. The maximum atomic E-state index is 10.5. The van der Waals surface area contributed by atoms with Crippen molar-refractivity contribution in [2.75, 3.05) is 6.54 Å². The molecular formula is C8H17NO3. The molecule has 0 amide bonds. The minimum atomic E-state index is -0.999. The SMILES string of the molecule is CCCCNC(C(=O)O)C(C)O. The van der Waals surface area contributed by atoms with E-state index in [0.29, 0.717) is 6.54 Å². The number of carbonyl (C=O) groups is 1. The zero-order chi connectivity index (χ0) is 9.56. The Bertz CT molecular complexity index is 136. The third-order valence-electron chi connectivity index (χ3n) is 1.64. The largest absolute Gasteiger partial charge is 0.480 e. The summed E-state index contributed by atoms with van der Waals surface area (Å²) in [6.45, 7) is 4.13. The van der Waals surface area contributed by atoms with Crippen LogP contribution in [0.25, 0.3) is 0 Å². The van der Waals surface area contributed by atoms with Gasteiger partial charge in [0.2, 0.25) is 0 Å². The molecule has 0 aromatic rings. The van der Waals surface area contributed by atoms with Crippen LogP contribution in [0.1, 0.15) is 26.7 Å². The van der Waals surface area contributed by atoms with Gasteiger partial charge in [-0.2, -0.15) is 0 Å². The van der Waals surface area contributed by atoms with Gasteiger partial charge in [0.1, 0.15) is 6.04 Å². The molecule has 0 aliphatic rings. The number of hydrogen-bond acceptors (Lipinski definition) is 3. The molecule has 0 fully saturated rings. The summed E-state index contributed by atoms with van der Waals surface area (Å²) in [7, 11) is 0. The van der Waals surface area contributed by atoms with Gasteiger partial charge in [-0.05, 0) is 19.9 Å². The third kappa shape index (κ3) is 4.31. The van der Waals surface area contributed by atoms with Gasteiger partial charge in [0, 0.05) is 0 Å². The fraction of sp³-hybridized carbons (Fsp3) is 0.875. The summed E-state index contributed by atoms with van der Waals surface area (Å²) in [5.74, 6) is -0.999. The van der Waals surface area contributed by atoms with E-state index in [1.165, 1.54) is 6.92 Å². The monoisotopic (exact) mass is 175 g/mol. The van der Waals surface area contributed by atoms with Crippen LogP contribution in [0.4, 0.5) is 0 Å². The van der Waals surface area contributed by atoms with Gasteiger partial charge in [-0.15, -0.1) is 0 Å². The number of aliphatic hydroxyl groups excluding tert-OH is 1. The molecule has 4 nitrogen and oxygen atoms in total. The summed E-state index contributed by atoms with van der Waals surface area (Å²) in [5.41, 5.74) is 0. The fourth-order valence-electron chi connectivity index (χ4n) is 0.899. The van der Waals surface area contributed by atoms with Gasteiger partial charge in [-0.25, -0.2) is 0 Å². The summed E-state index contributed by atoms with van der Waals surface area (Å²) < 4.78 is 0. The molecule has 12 heavy (non-hydrogen) atoms. The van der Waals surface area contributed by atoms with E-state index < -0.39 is 18.1 Å². The minimum absolute atomic E-state index is 0.637. The molecular weight excluding hydrogens is 158 g/mol. The first kappa shape index (κ1) is 11.4. The Hall–Kier alpha value is -0.610. The van der Waals surface area contributed by atoms with Crippen LogP contribution < -0.4 is 5.32 Å². The van der Waals surface area contributed by atoms with E-state index in [9.17, 15) is 4.79 Å². The molecule has 0 saturated carbocycles. The average Bonchev–Trinajstić information content (AvgIpc) is 1.96. The number of rotatable bonds is 6. The number of unbranched alkanes of at least 4 members (excludes halogenated alkanes) is 1. The zero-order valence-electron chi connectivity index (χ0n) is 7.58. The van der Waals surface area contributed by atoms with Gasteiger partial charge >= 0.3 is 5.97 Å². The Labute approximate surface area is 72.6 Å². The number of aliphatic carboxylic acids is 1. The van der Waals surface area contributed by atoms with Crippen molar-refractivity contribution in [1.29, 1.82) is 0 Å². The molecule has 0 bridgehead atoms. The second kappa shape index (κ2) is 5.97. The molecule has 0 heterocycles. The van der Waals surface area contributed by atoms with Crippen molar-refractivity contribution in [3.8, 4) is 0 Å². The van der Waals surface area contributed by atoms with Crippen LogP contribution in [0.15, 0.2) is 0 Å². The van der Waals surface area contributed by atoms with E-state index in [1.807, 2.05) is 6.92 Å². The van der Waals surface area contributed by atoms with Crippen LogP contribution in [0.2, 0.25) is 0 Å². The highest BCUT2D eigenvalue weighted by Crippen LogP contribution is 1.93. The number of nitrogens with one attached hydrogen (secondary N) is 1. The maximum absolute atomic E-state index is 10.5. The summed E-state index contributed by atoms with van der Waals surface area (Å²) in [5, 5.41) is 20.4. The Morgan fingerprint density at radius 2 is 2.17 bits per heavy atom. The number of carboxylic acids is 1. The van der Waals surface area contributed by atoms with Crippen molar-refractivity contribution in [3.05, 3.63) is 0 Å². The highest BCUT2D eigenvalue weighted by Gasteiger charge is 2.21. The molecule has 3 N–H and O–H groups in total. The number of carboxylic acid groups (broad SMARTS) is 1. The molecule has 0 spiro atoms. The molecule has 0 aromatic heterocycles. The summed E-state index contributed by atoms with van der Waals surface area (Å²) >= 11 is 0. The summed E-state index contributed by atoms with van der Waals surface area (Å²) in [4.78, 5) is 10.5. The van der Waals surface area contributed by atoms with Gasteiger partial charge in [-0.3, -0.25) is 4.79 Å². The van der Waals surface area contributed by atoms with E-state index in [4.69, 9.17) is 10.2 Å². The molecule has 0 aliphatic carbocycles. The van der Waals surface area contributed by atoms with Crippen LogP contribution in [-0.2, 0) is 4.79 Å². The van der Waals surface area contributed by atoms with Crippen LogP contribution in [-0.4, -0.2) is 34.9 Å². The lowest BCUT2D eigenvalue weighted by Crippen LogP contribution is -2.45. The average molecular weight is 175 g/mol. The normalized spacial score (nSPS) is 15.6. The van der Waals surface area contributed by atoms with Gasteiger partial charge in [0.25, 0.3) is 0 Å². The molecule has 72 valence electrons. The quantitative estimate of drug-likeness (QED) is 0.505. The van der Waals surface area contributed by atoms with Crippen LogP contribution in [0, 0.1) is 0 Å². The molecule has 0 saturated heterocycles. The van der Waals surface area contributed by atoms with Crippen molar-refractivity contribution in [2.24, 2.45) is 0 Å². The van der Waals surface area contributed by atoms with Crippen LogP contribution >= 0.6 is 0 Å². The van der Waals surface area contributed by atoms with Gasteiger partial charge < -0.3 is 15.5 Å². The predicted molar refractivity (Wildman–Crippen MR) is 46.0 cm³/mol. The summed E-state index contributed by atoms with van der Waals surface area (Å²) in [6, 6.07) is -0.837. The van der Waals surface area contributed by atoms with E-state index in [1.54, 1.807) is 0 Å². The minimum Gasteiger partial charge on any atom is -0.480 e. The van der Waals surface area contributed by atoms with Crippen molar-refractivity contribution in [2.45, 2.75) is 38.8 Å². The van der Waals surface area contributed by atoms with Gasteiger partial charge in [0.05, 0.1) is 6.10 Å². The Kier molecular flexibility index (Phi) is 5.66.